The minimum atomic E-state index is -4.44. The van der Waals surface area contributed by atoms with Crippen molar-refractivity contribution in [2.24, 2.45) is 5.73 Å². The Balaban J connectivity index is 3.12. The third-order valence-corrected chi connectivity index (χ3v) is 3.81. The van der Waals surface area contributed by atoms with Crippen LogP contribution in [-0.2, 0) is 4.79 Å². The zero-order valence-corrected chi connectivity index (χ0v) is 11.8. The van der Waals surface area contributed by atoms with Gasteiger partial charge in [-0.1, -0.05) is 6.92 Å². The van der Waals surface area contributed by atoms with E-state index in [2.05, 4.69) is 0 Å². The van der Waals surface area contributed by atoms with Crippen molar-refractivity contribution in [2.45, 2.75) is 51.0 Å². The predicted molar refractivity (Wildman–Crippen MR) is 66.5 cm³/mol. The van der Waals surface area contributed by atoms with Crippen molar-refractivity contribution in [3.8, 4) is 0 Å². The number of halogens is 3. The van der Waals surface area contributed by atoms with Crippen molar-refractivity contribution >= 4 is 5.91 Å². The minimum absolute atomic E-state index is 0.174. The summed E-state index contributed by atoms with van der Waals surface area (Å²) in [6, 6.07) is -2.82. The maximum absolute atomic E-state index is 13.3. The molecule has 112 valence electrons. The number of alkyl halides is 3. The molecule has 0 aromatic heterocycles. The van der Waals surface area contributed by atoms with Gasteiger partial charge in [-0.3, -0.25) is 9.69 Å². The summed E-state index contributed by atoms with van der Waals surface area (Å²) in [6.45, 7) is 5.12. The van der Waals surface area contributed by atoms with Crippen LogP contribution in [0, 0.1) is 0 Å². The van der Waals surface area contributed by atoms with Crippen LogP contribution in [0.4, 0.5) is 13.2 Å². The van der Waals surface area contributed by atoms with Crippen molar-refractivity contribution in [1.82, 2.24) is 9.80 Å². The van der Waals surface area contributed by atoms with Crippen molar-refractivity contribution < 1.29 is 18.0 Å². The van der Waals surface area contributed by atoms with Gasteiger partial charge in [-0.2, -0.15) is 13.2 Å². The molecule has 1 fully saturated rings. The van der Waals surface area contributed by atoms with Gasteiger partial charge in [-0.05, 0) is 20.3 Å². The summed E-state index contributed by atoms with van der Waals surface area (Å²) >= 11 is 0. The Morgan fingerprint density at radius 3 is 2.32 bits per heavy atom. The lowest BCUT2D eigenvalue weighted by atomic mass is 9.92. The van der Waals surface area contributed by atoms with E-state index in [1.165, 1.54) is 23.6 Å². The first kappa shape index (κ1) is 16.2. The topological polar surface area (TPSA) is 49.6 Å². The molecule has 1 heterocycles. The molecular formula is C12H22F3N3O. The molecule has 2 atom stereocenters. The molecule has 1 aliphatic heterocycles. The molecule has 1 amide bonds. The Kier molecular flexibility index (Phi) is 4.51. The van der Waals surface area contributed by atoms with Gasteiger partial charge < -0.3 is 10.6 Å². The molecule has 1 saturated heterocycles. The Labute approximate surface area is 111 Å². The highest BCUT2D eigenvalue weighted by Crippen LogP contribution is 2.34. The molecule has 1 aliphatic rings. The number of hydrogen-bond donors (Lipinski definition) is 1. The minimum Gasteiger partial charge on any atom is -0.343 e. The highest BCUT2D eigenvalue weighted by Gasteiger charge is 2.54. The molecule has 0 aliphatic carbocycles. The molecule has 0 bridgehead atoms. The van der Waals surface area contributed by atoms with Gasteiger partial charge in [0.2, 0.25) is 5.91 Å². The molecule has 7 heteroatoms. The van der Waals surface area contributed by atoms with Crippen molar-refractivity contribution in [2.75, 3.05) is 20.1 Å². The summed E-state index contributed by atoms with van der Waals surface area (Å²) in [5.41, 5.74) is 4.45. The van der Waals surface area contributed by atoms with E-state index in [1.54, 1.807) is 14.0 Å². The summed E-state index contributed by atoms with van der Waals surface area (Å²) < 4.78 is 39.8. The summed E-state index contributed by atoms with van der Waals surface area (Å²) in [6.07, 6.45) is -4.23. The van der Waals surface area contributed by atoms with Crippen LogP contribution in [0.5, 0.6) is 0 Å². The number of likely N-dealkylation sites (N-methyl/N-ethyl adjacent to an activating group) is 1. The molecule has 2 N–H and O–H groups in total. The second kappa shape index (κ2) is 5.28. The van der Waals surface area contributed by atoms with Gasteiger partial charge in [-0.25, -0.2) is 0 Å². The van der Waals surface area contributed by atoms with Crippen LogP contribution < -0.4 is 5.73 Å². The maximum atomic E-state index is 13.3. The third-order valence-electron chi connectivity index (χ3n) is 3.81. The van der Waals surface area contributed by atoms with E-state index in [1.807, 2.05) is 0 Å². The second-order valence-corrected chi connectivity index (χ2v) is 5.54. The number of hydrogen-bond acceptors (Lipinski definition) is 3. The number of carbonyl (C=O) groups is 1. The first-order chi connectivity index (χ1) is 8.53. The molecule has 4 nitrogen and oxygen atoms in total. The van der Waals surface area contributed by atoms with E-state index in [9.17, 15) is 18.0 Å². The van der Waals surface area contributed by atoms with Gasteiger partial charge in [0.15, 0.2) is 0 Å². The summed E-state index contributed by atoms with van der Waals surface area (Å²) in [4.78, 5) is 14.7. The number of amides is 1. The average Bonchev–Trinajstić information content (AvgIpc) is 2.28. The first-order valence-electron chi connectivity index (χ1n) is 6.38. The monoisotopic (exact) mass is 281 g/mol. The fourth-order valence-electron chi connectivity index (χ4n) is 2.59. The third kappa shape index (κ3) is 3.02. The lowest BCUT2D eigenvalue weighted by Gasteiger charge is -2.50. The smallest absolute Gasteiger partial charge is 0.343 e. The lowest BCUT2D eigenvalue weighted by molar-refractivity contribution is -0.210. The highest BCUT2D eigenvalue weighted by atomic mass is 19.4. The Hall–Kier alpha value is -0.820. The largest absolute Gasteiger partial charge is 0.405 e. The van der Waals surface area contributed by atoms with E-state index in [0.29, 0.717) is 0 Å². The fraction of sp³-hybridized carbons (Fsp3) is 0.917. The molecule has 1 rings (SSSR count). The normalized spacial score (nSPS) is 24.4. The summed E-state index contributed by atoms with van der Waals surface area (Å²) in [5.74, 6) is -0.309. The van der Waals surface area contributed by atoms with Crippen LogP contribution in [0.25, 0.3) is 0 Å². The molecule has 0 radical (unpaired) electrons. The van der Waals surface area contributed by atoms with Crippen LogP contribution in [0.3, 0.4) is 0 Å². The van der Waals surface area contributed by atoms with Gasteiger partial charge in [-0.15, -0.1) is 0 Å². The zero-order valence-electron chi connectivity index (χ0n) is 11.8. The van der Waals surface area contributed by atoms with Crippen LogP contribution in [-0.4, -0.2) is 59.6 Å². The van der Waals surface area contributed by atoms with E-state index >= 15 is 0 Å². The van der Waals surface area contributed by atoms with Gasteiger partial charge in [0.1, 0.15) is 6.04 Å². The molecule has 0 aromatic rings. The Morgan fingerprint density at radius 1 is 1.37 bits per heavy atom. The van der Waals surface area contributed by atoms with Gasteiger partial charge in [0.25, 0.3) is 0 Å². The SMILES string of the molecule is CCC(N)C(N1CCN(C)C(=O)C1(C)C)C(F)(F)F. The maximum Gasteiger partial charge on any atom is 0.405 e. The molecular weight excluding hydrogens is 259 g/mol. The summed E-state index contributed by atoms with van der Waals surface area (Å²) in [5, 5.41) is 0. The van der Waals surface area contributed by atoms with Crippen LogP contribution in [0.1, 0.15) is 27.2 Å². The molecule has 0 aromatic carbocycles. The van der Waals surface area contributed by atoms with Crippen LogP contribution in [0.2, 0.25) is 0 Å². The quantitative estimate of drug-likeness (QED) is 0.846. The van der Waals surface area contributed by atoms with E-state index in [4.69, 9.17) is 5.73 Å². The standard InChI is InChI=1S/C12H22F3N3O/c1-5-8(16)9(12(13,14)15)18-7-6-17(4)10(19)11(18,2)3/h8-9H,5-7,16H2,1-4H3. The molecule has 2 unspecified atom stereocenters. The number of rotatable bonds is 3. The van der Waals surface area contributed by atoms with Gasteiger partial charge in [0, 0.05) is 26.2 Å². The van der Waals surface area contributed by atoms with Crippen molar-refractivity contribution in [3.05, 3.63) is 0 Å². The fourth-order valence-corrected chi connectivity index (χ4v) is 2.59. The van der Waals surface area contributed by atoms with E-state index < -0.39 is 23.8 Å². The van der Waals surface area contributed by atoms with Gasteiger partial charge >= 0.3 is 6.18 Å². The highest BCUT2D eigenvalue weighted by molar-refractivity contribution is 5.86. The Bertz CT molecular complexity index is 344. The van der Waals surface area contributed by atoms with Crippen LogP contribution >= 0.6 is 0 Å². The summed E-state index contributed by atoms with van der Waals surface area (Å²) in [7, 11) is 1.60. The number of piperazine rings is 1. The van der Waals surface area contributed by atoms with Gasteiger partial charge in [0.05, 0.1) is 5.54 Å². The molecule has 19 heavy (non-hydrogen) atoms. The number of nitrogens with zero attached hydrogens (tertiary/aromatic N) is 2. The second-order valence-electron chi connectivity index (χ2n) is 5.54. The lowest BCUT2D eigenvalue weighted by Crippen LogP contribution is -2.70. The molecule has 0 saturated carbocycles. The van der Waals surface area contributed by atoms with Crippen molar-refractivity contribution in [1.29, 1.82) is 0 Å². The Morgan fingerprint density at radius 2 is 1.89 bits per heavy atom. The number of nitrogens with two attached hydrogens (primary N) is 1. The predicted octanol–water partition coefficient (Wildman–Crippen LogP) is 1.21. The van der Waals surface area contributed by atoms with Crippen molar-refractivity contribution in [3.63, 3.8) is 0 Å². The number of carbonyl (C=O) groups excluding carboxylic acids is 1. The van der Waals surface area contributed by atoms with E-state index in [-0.39, 0.29) is 25.4 Å². The molecule has 0 spiro atoms. The zero-order chi connectivity index (χ0) is 15.0. The van der Waals surface area contributed by atoms with Crippen LogP contribution in [0.15, 0.2) is 0 Å². The average molecular weight is 281 g/mol. The first-order valence-corrected chi connectivity index (χ1v) is 6.38. The van der Waals surface area contributed by atoms with E-state index in [0.717, 1.165) is 0 Å².